The van der Waals surface area contributed by atoms with E-state index in [1.165, 1.54) is 11.1 Å². The molecule has 0 amide bonds. The van der Waals surface area contributed by atoms with Crippen LogP contribution in [-0.2, 0) is 13.1 Å². The van der Waals surface area contributed by atoms with Gasteiger partial charge in [0, 0.05) is 26.2 Å². The summed E-state index contributed by atoms with van der Waals surface area (Å²) >= 11 is 0. The topological polar surface area (TPSA) is 47.7 Å². The van der Waals surface area contributed by atoms with Crippen molar-refractivity contribution in [3.05, 3.63) is 90.0 Å². The third-order valence-electron chi connectivity index (χ3n) is 4.29. The van der Waals surface area contributed by atoms with Gasteiger partial charge in [-0.25, -0.2) is 0 Å². The van der Waals surface area contributed by atoms with Crippen LogP contribution < -0.4 is 15.2 Å². The molecule has 0 saturated carbocycles. The lowest BCUT2D eigenvalue weighted by Crippen LogP contribution is -2.28. The minimum absolute atomic E-state index is 0.621. The molecule has 3 aromatic carbocycles. The van der Waals surface area contributed by atoms with Crippen molar-refractivity contribution in [1.82, 2.24) is 4.90 Å². The Morgan fingerprint density at radius 1 is 0.741 bits per heavy atom. The predicted octanol–water partition coefficient (Wildman–Crippen LogP) is 4.45. The van der Waals surface area contributed by atoms with Crippen LogP contribution >= 0.6 is 0 Å². The van der Waals surface area contributed by atoms with E-state index < -0.39 is 0 Å². The summed E-state index contributed by atoms with van der Waals surface area (Å²) in [6.07, 6.45) is 0. The Bertz CT molecular complexity index is 819. The van der Waals surface area contributed by atoms with Gasteiger partial charge in [-0.2, -0.15) is 0 Å². The second-order valence-corrected chi connectivity index (χ2v) is 6.41. The summed E-state index contributed by atoms with van der Waals surface area (Å²) in [7, 11) is 1.68. The molecule has 0 aliphatic heterocycles. The number of hydrogen-bond donors (Lipinski definition) is 1. The Balaban J connectivity index is 1.67. The van der Waals surface area contributed by atoms with Gasteiger partial charge in [0.05, 0.1) is 7.11 Å². The fourth-order valence-corrected chi connectivity index (χ4v) is 2.98. The first kappa shape index (κ1) is 19.0. The molecule has 0 aromatic heterocycles. The lowest BCUT2D eigenvalue weighted by molar-refractivity contribution is 0.264. The minimum Gasteiger partial charge on any atom is -0.497 e. The highest BCUT2D eigenvalue weighted by atomic mass is 16.5. The van der Waals surface area contributed by atoms with Crippen LogP contribution in [-0.4, -0.2) is 25.1 Å². The van der Waals surface area contributed by atoms with Gasteiger partial charge in [-0.3, -0.25) is 4.90 Å². The molecule has 0 spiro atoms. The summed E-state index contributed by atoms with van der Waals surface area (Å²) in [4.78, 5) is 2.34. The van der Waals surface area contributed by atoms with Crippen molar-refractivity contribution >= 4 is 0 Å². The summed E-state index contributed by atoms with van der Waals surface area (Å²) in [5.41, 5.74) is 8.26. The maximum atomic E-state index is 5.95. The van der Waals surface area contributed by atoms with Crippen molar-refractivity contribution in [2.75, 3.05) is 20.2 Å². The van der Waals surface area contributed by atoms with Crippen LogP contribution in [0.1, 0.15) is 11.1 Å². The molecular weight excluding hydrogens is 336 g/mol. The Hall–Kier alpha value is -2.82. The number of ether oxygens (including phenoxy) is 2. The number of nitrogens with zero attached hydrogens (tertiary/aromatic N) is 1. The summed E-state index contributed by atoms with van der Waals surface area (Å²) in [6, 6.07) is 26.2. The monoisotopic (exact) mass is 362 g/mol. The molecule has 4 nitrogen and oxygen atoms in total. The predicted molar refractivity (Wildman–Crippen MR) is 109 cm³/mol. The molecule has 0 fully saturated rings. The van der Waals surface area contributed by atoms with E-state index in [2.05, 4.69) is 29.2 Å². The number of rotatable bonds is 9. The zero-order valence-electron chi connectivity index (χ0n) is 15.7. The molecule has 0 aliphatic carbocycles. The molecule has 0 heterocycles. The highest BCUT2D eigenvalue weighted by Crippen LogP contribution is 2.23. The van der Waals surface area contributed by atoms with Crippen molar-refractivity contribution < 1.29 is 9.47 Å². The van der Waals surface area contributed by atoms with Gasteiger partial charge in [-0.15, -0.1) is 0 Å². The average Bonchev–Trinajstić information content (AvgIpc) is 2.70. The molecule has 0 radical (unpaired) electrons. The van der Waals surface area contributed by atoms with Crippen molar-refractivity contribution in [3.63, 3.8) is 0 Å². The second-order valence-electron chi connectivity index (χ2n) is 6.41. The minimum atomic E-state index is 0.621. The quantitative estimate of drug-likeness (QED) is 0.611. The molecule has 140 valence electrons. The third-order valence-corrected chi connectivity index (χ3v) is 4.29. The van der Waals surface area contributed by atoms with E-state index >= 15 is 0 Å². The SMILES string of the molecule is COc1ccc(CN(CCN)Cc2cccc(Oc3ccccc3)c2)cc1. The number of hydrogen-bond acceptors (Lipinski definition) is 4. The van der Waals surface area contributed by atoms with E-state index in [0.717, 1.165) is 36.9 Å². The highest BCUT2D eigenvalue weighted by Gasteiger charge is 2.08. The van der Waals surface area contributed by atoms with Crippen molar-refractivity contribution in [3.8, 4) is 17.2 Å². The molecule has 0 saturated heterocycles. The molecule has 2 N–H and O–H groups in total. The largest absolute Gasteiger partial charge is 0.497 e. The maximum absolute atomic E-state index is 5.95. The van der Waals surface area contributed by atoms with Crippen molar-refractivity contribution in [1.29, 1.82) is 0 Å². The molecular formula is C23H26N2O2. The molecule has 27 heavy (non-hydrogen) atoms. The van der Waals surface area contributed by atoms with Crippen LogP contribution in [0.3, 0.4) is 0 Å². The summed E-state index contributed by atoms with van der Waals surface area (Å²) < 4.78 is 11.2. The molecule has 4 heteroatoms. The highest BCUT2D eigenvalue weighted by molar-refractivity contribution is 5.34. The first-order valence-electron chi connectivity index (χ1n) is 9.14. The van der Waals surface area contributed by atoms with E-state index in [0.29, 0.717) is 6.54 Å². The van der Waals surface area contributed by atoms with Gasteiger partial charge in [0.25, 0.3) is 0 Å². The number of nitrogens with two attached hydrogens (primary N) is 1. The van der Waals surface area contributed by atoms with E-state index in [4.69, 9.17) is 15.2 Å². The first-order valence-corrected chi connectivity index (χ1v) is 9.14. The zero-order chi connectivity index (χ0) is 18.9. The molecule has 3 aromatic rings. The maximum Gasteiger partial charge on any atom is 0.127 e. The molecule has 0 atom stereocenters. The first-order chi connectivity index (χ1) is 13.3. The molecule has 0 bridgehead atoms. The Kier molecular flexibility index (Phi) is 6.85. The smallest absolute Gasteiger partial charge is 0.127 e. The van der Waals surface area contributed by atoms with Gasteiger partial charge in [-0.1, -0.05) is 42.5 Å². The fourth-order valence-electron chi connectivity index (χ4n) is 2.98. The summed E-state index contributed by atoms with van der Waals surface area (Å²) in [6.45, 7) is 3.10. The zero-order valence-corrected chi connectivity index (χ0v) is 15.7. The van der Waals surface area contributed by atoms with Gasteiger partial charge in [0.2, 0.25) is 0 Å². The Morgan fingerprint density at radius 3 is 2.15 bits per heavy atom. The van der Waals surface area contributed by atoms with Crippen LogP contribution in [0, 0.1) is 0 Å². The number of para-hydroxylation sites is 1. The van der Waals surface area contributed by atoms with Crippen LogP contribution in [0.2, 0.25) is 0 Å². The third kappa shape index (κ3) is 5.84. The fraction of sp³-hybridized carbons (Fsp3) is 0.217. The van der Waals surface area contributed by atoms with Gasteiger partial charge in [0.1, 0.15) is 17.2 Å². The summed E-state index contributed by atoms with van der Waals surface area (Å²) in [5, 5.41) is 0. The van der Waals surface area contributed by atoms with Gasteiger partial charge < -0.3 is 15.2 Å². The lowest BCUT2D eigenvalue weighted by Gasteiger charge is -2.22. The van der Waals surface area contributed by atoms with E-state index in [9.17, 15) is 0 Å². The van der Waals surface area contributed by atoms with Gasteiger partial charge in [0.15, 0.2) is 0 Å². The van der Waals surface area contributed by atoms with Gasteiger partial charge >= 0.3 is 0 Å². The van der Waals surface area contributed by atoms with Crippen LogP contribution in [0.15, 0.2) is 78.9 Å². The Morgan fingerprint density at radius 2 is 1.44 bits per heavy atom. The average molecular weight is 362 g/mol. The van der Waals surface area contributed by atoms with Gasteiger partial charge in [-0.05, 0) is 47.5 Å². The normalized spacial score (nSPS) is 10.8. The second kappa shape index (κ2) is 9.76. The molecule has 0 aliphatic rings. The van der Waals surface area contributed by atoms with E-state index in [-0.39, 0.29) is 0 Å². The molecule has 0 unspecified atom stereocenters. The standard InChI is InChI=1S/C23H26N2O2/c1-26-21-12-10-19(11-13-21)17-25(15-14-24)18-20-6-5-9-23(16-20)27-22-7-3-2-4-8-22/h2-13,16H,14-15,17-18,24H2,1H3. The number of benzene rings is 3. The van der Waals surface area contributed by atoms with Crippen LogP contribution in [0.5, 0.6) is 17.2 Å². The van der Waals surface area contributed by atoms with Crippen LogP contribution in [0.4, 0.5) is 0 Å². The van der Waals surface area contributed by atoms with Crippen molar-refractivity contribution in [2.24, 2.45) is 5.73 Å². The van der Waals surface area contributed by atoms with Crippen molar-refractivity contribution in [2.45, 2.75) is 13.1 Å². The Labute approximate surface area is 161 Å². The van der Waals surface area contributed by atoms with E-state index in [1.54, 1.807) is 7.11 Å². The lowest BCUT2D eigenvalue weighted by atomic mass is 10.1. The number of methoxy groups -OCH3 is 1. The summed E-state index contributed by atoms with van der Waals surface area (Å²) in [5.74, 6) is 2.55. The van der Waals surface area contributed by atoms with Crippen LogP contribution in [0.25, 0.3) is 0 Å². The van der Waals surface area contributed by atoms with E-state index in [1.807, 2.05) is 54.6 Å². The molecule has 3 rings (SSSR count).